The van der Waals surface area contributed by atoms with E-state index >= 15 is 0 Å². The van der Waals surface area contributed by atoms with Crippen LogP contribution in [0.3, 0.4) is 0 Å². The monoisotopic (exact) mass is 444 g/mol. The standard InChI is InChI=1S/C26H56O3Si/c1-7-8-9-10-11-12-13-14-15-16-17-18-19-20-21-27-22-23-28-24-25-29-30(5,6)26(2,3)4/h7-25H2,1-6H3. The molecule has 0 saturated heterocycles. The fourth-order valence-corrected chi connectivity index (χ4v) is 4.32. The van der Waals surface area contributed by atoms with Crippen molar-refractivity contribution in [3.05, 3.63) is 0 Å². The predicted octanol–water partition coefficient (Wildman–Crippen LogP) is 8.52. The molecule has 0 aromatic heterocycles. The van der Waals surface area contributed by atoms with E-state index < -0.39 is 8.32 Å². The summed E-state index contributed by atoms with van der Waals surface area (Å²) in [5, 5.41) is 0.268. The number of ether oxygens (including phenoxy) is 2. The second kappa shape index (κ2) is 19.8. The summed E-state index contributed by atoms with van der Waals surface area (Å²) in [5.41, 5.74) is 0. The largest absolute Gasteiger partial charge is 0.414 e. The Hall–Kier alpha value is 0.0969. The van der Waals surface area contributed by atoms with Gasteiger partial charge in [0.2, 0.25) is 0 Å². The molecular weight excluding hydrogens is 388 g/mol. The summed E-state index contributed by atoms with van der Waals surface area (Å²) < 4.78 is 17.4. The third-order valence-electron chi connectivity index (χ3n) is 6.51. The third-order valence-corrected chi connectivity index (χ3v) is 11.0. The van der Waals surface area contributed by atoms with Gasteiger partial charge in [-0.05, 0) is 24.6 Å². The molecule has 0 bridgehead atoms. The average Bonchev–Trinajstić information content (AvgIpc) is 2.68. The van der Waals surface area contributed by atoms with Crippen molar-refractivity contribution in [1.29, 1.82) is 0 Å². The van der Waals surface area contributed by atoms with Crippen molar-refractivity contribution in [3.8, 4) is 0 Å². The molecule has 0 aliphatic carbocycles. The molecule has 4 heteroatoms. The van der Waals surface area contributed by atoms with Gasteiger partial charge >= 0.3 is 0 Å². The van der Waals surface area contributed by atoms with Gasteiger partial charge in [0, 0.05) is 6.61 Å². The molecule has 0 aliphatic rings. The van der Waals surface area contributed by atoms with Gasteiger partial charge in [0.25, 0.3) is 0 Å². The molecule has 0 spiro atoms. The SMILES string of the molecule is CCCCCCCCCCCCCCCCOCCOCCO[Si](C)(C)C(C)(C)C. The van der Waals surface area contributed by atoms with Gasteiger partial charge in [-0.2, -0.15) is 0 Å². The van der Waals surface area contributed by atoms with Crippen LogP contribution < -0.4 is 0 Å². The minimum atomic E-state index is -1.63. The van der Waals surface area contributed by atoms with Crippen LogP contribution in [0.4, 0.5) is 0 Å². The summed E-state index contributed by atoms with van der Waals surface area (Å²) in [7, 11) is -1.63. The van der Waals surface area contributed by atoms with Crippen LogP contribution in [0.15, 0.2) is 0 Å². The molecule has 0 radical (unpaired) electrons. The second-order valence-electron chi connectivity index (χ2n) is 10.4. The van der Waals surface area contributed by atoms with Gasteiger partial charge in [0.1, 0.15) is 0 Å². The Bertz CT molecular complexity index is 353. The first-order valence-corrected chi connectivity index (χ1v) is 16.0. The van der Waals surface area contributed by atoms with Crippen molar-refractivity contribution >= 4 is 8.32 Å². The van der Waals surface area contributed by atoms with Crippen LogP contribution in [-0.4, -0.2) is 41.4 Å². The minimum Gasteiger partial charge on any atom is -0.414 e. The van der Waals surface area contributed by atoms with Crippen molar-refractivity contribution in [1.82, 2.24) is 0 Å². The molecule has 0 unspecified atom stereocenters. The lowest BCUT2D eigenvalue weighted by Crippen LogP contribution is -2.41. The van der Waals surface area contributed by atoms with E-state index in [2.05, 4.69) is 40.8 Å². The average molecular weight is 445 g/mol. The van der Waals surface area contributed by atoms with E-state index in [0.29, 0.717) is 26.4 Å². The maximum absolute atomic E-state index is 6.10. The van der Waals surface area contributed by atoms with Gasteiger partial charge in [-0.1, -0.05) is 111 Å². The molecule has 0 aromatic carbocycles. The van der Waals surface area contributed by atoms with Crippen LogP contribution in [0.5, 0.6) is 0 Å². The lowest BCUT2D eigenvalue weighted by atomic mass is 10.0. The minimum absolute atomic E-state index is 0.268. The van der Waals surface area contributed by atoms with Crippen LogP contribution in [0.25, 0.3) is 0 Å². The molecule has 0 N–H and O–H groups in total. The van der Waals surface area contributed by atoms with Gasteiger partial charge < -0.3 is 13.9 Å². The molecule has 0 amide bonds. The number of rotatable bonds is 22. The quantitative estimate of drug-likeness (QED) is 0.124. The Kier molecular flexibility index (Phi) is 19.8. The van der Waals surface area contributed by atoms with Crippen LogP contribution in [-0.2, 0) is 13.9 Å². The summed E-state index contributed by atoms with van der Waals surface area (Å²) in [6.45, 7) is 17.3. The van der Waals surface area contributed by atoms with E-state index in [1.165, 1.54) is 89.9 Å². The van der Waals surface area contributed by atoms with Gasteiger partial charge in [0.05, 0.1) is 26.4 Å². The highest BCUT2D eigenvalue weighted by atomic mass is 28.4. The molecular formula is C26H56O3Si. The van der Waals surface area contributed by atoms with Crippen molar-refractivity contribution in [2.24, 2.45) is 0 Å². The van der Waals surface area contributed by atoms with Crippen molar-refractivity contribution < 1.29 is 13.9 Å². The zero-order valence-electron chi connectivity index (χ0n) is 21.7. The maximum Gasteiger partial charge on any atom is 0.192 e. The molecule has 0 atom stereocenters. The zero-order valence-corrected chi connectivity index (χ0v) is 22.7. The Labute approximate surface area is 191 Å². The number of unbranched alkanes of at least 4 members (excludes halogenated alkanes) is 13. The van der Waals surface area contributed by atoms with Gasteiger partial charge in [-0.25, -0.2) is 0 Å². The van der Waals surface area contributed by atoms with E-state index in [0.717, 1.165) is 6.61 Å². The number of hydrogen-bond acceptors (Lipinski definition) is 3. The smallest absolute Gasteiger partial charge is 0.192 e. The molecule has 0 aliphatic heterocycles. The summed E-state index contributed by atoms with van der Waals surface area (Å²) in [5.74, 6) is 0. The molecule has 0 aromatic rings. The first kappa shape index (κ1) is 30.1. The van der Waals surface area contributed by atoms with Crippen molar-refractivity contribution in [3.63, 3.8) is 0 Å². The second-order valence-corrected chi connectivity index (χ2v) is 15.2. The van der Waals surface area contributed by atoms with E-state index in [1.54, 1.807) is 0 Å². The van der Waals surface area contributed by atoms with E-state index in [9.17, 15) is 0 Å². The van der Waals surface area contributed by atoms with Crippen molar-refractivity contribution in [2.75, 3.05) is 33.0 Å². The maximum atomic E-state index is 6.10. The van der Waals surface area contributed by atoms with Gasteiger partial charge in [-0.15, -0.1) is 0 Å². The van der Waals surface area contributed by atoms with Crippen molar-refractivity contribution in [2.45, 2.75) is 136 Å². The molecule has 0 heterocycles. The molecule has 0 rings (SSSR count). The zero-order chi connectivity index (χ0) is 22.6. The molecule has 0 saturated carbocycles. The van der Waals surface area contributed by atoms with Crippen LogP contribution in [0.1, 0.15) is 118 Å². The van der Waals surface area contributed by atoms with Crippen LogP contribution in [0.2, 0.25) is 18.1 Å². The third kappa shape index (κ3) is 18.8. The molecule has 3 nitrogen and oxygen atoms in total. The fourth-order valence-electron chi connectivity index (χ4n) is 3.29. The van der Waals surface area contributed by atoms with E-state index in [4.69, 9.17) is 13.9 Å². The van der Waals surface area contributed by atoms with Crippen LogP contribution >= 0.6 is 0 Å². The van der Waals surface area contributed by atoms with E-state index in [-0.39, 0.29) is 5.04 Å². The first-order valence-electron chi connectivity index (χ1n) is 13.1. The lowest BCUT2D eigenvalue weighted by molar-refractivity contribution is 0.0336. The number of hydrogen-bond donors (Lipinski definition) is 0. The Balaban J connectivity index is 3.17. The highest BCUT2D eigenvalue weighted by Gasteiger charge is 2.36. The predicted molar refractivity (Wildman–Crippen MR) is 135 cm³/mol. The summed E-state index contributed by atoms with van der Waals surface area (Å²) in [6.07, 6.45) is 19.6. The Morgan fingerprint density at radius 2 is 0.867 bits per heavy atom. The Morgan fingerprint density at radius 3 is 1.30 bits per heavy atom. The topological polar surface area (TPSA) is 27.7 Å². The fraction of sp³-hybridized carbons (Fsp3) is 1.00. The molecule has 182 valence electrons. The van der Waals surface area contributed by atoms with Gasteiger partial charge in [0.15, 0.2) is 8.32 Å². The summed E-state index contributed by atoms with van der Waals surface area (Å²) in [4.78, 5) is 0. The summed E-state index contributed by atoms with van der Waals surface area (Å²) >= 11 is 0. The summed E-state index contributed by atoms with van der Waals surface area (Å²) in [6, 6.07) is 0. The Morgan fingerprint density at radius 1 is 0.500 bits per heavy atom. The van der Waals surface area contributed by atoms with Gasteiger partial charge in [-0.3, -0.25) is 0 Å². The highest BCUT2D eigenvalue weighted by Crippen LogP contribution is 2.36. The highest BCUT2D eigenvalue weighted by molar-refractivity contribution is 6.74. The lowest BCUT2D eigenvalue weighted by Gasteiger charge is -2.36. The molecule has 0 fully saturated rings. The van der Waals surface area contributed by atoms with E-state index in [1.807, 2.05) is 0 Å². The normalized spacial score (nSPS) is 12.6. The van der Waals surface area contributed by atoms with Crippen LogP contribution in [0, 0.1) is 0 Å². The molecule has 30 heavy (non-hydrogen) atoms. The first-order chi connectivity index (χ1) is 14.3.